The maximum atomic E-state index is 13.1. The lowest BCUT2D eigenvalue weighted by atomic mass is 9.94. The van der Waals surface area contributed by atoms with Crippen molar-refractivity contribution >= 4 is 11.6 Å². The minimum atomic E-state index is -1.52. The van der Waals surface area contributed by atoms with E-state index in [1.807, 2.05) is 67.6 Å². The van der Waals surface area contributed by atoms with Gasteiger partial charge in [0.05, 0.1) is 5.71 Å². The second-order valence-electron chi connectivity index (χ2n) is 6.76. The van der Waals surface area contributed by atoms with Crippen LogP contribution in [0.2, 0.25) is 0 Å². The number of aryl methyl sites for hydroxylation is 1. The first kappa shape index (κ1) is 17.2. The van der Waals surface area contributed by atoms with E-state index >= 15 is 0 Å². The topological polar surface area (TPSA) is 52.9 Å². The van der Waals surface area contributed by atoms with Gasteiger partial charge in [-0.3, -0.25) is 4.79 Å². The zero-order valence-electron chi connectivity index (χ0n) is 15.0. The molecular weight excluding hydrogens is 336 g/mol. The Morgan fingerprint density at radius 1 is 0.926 bits per heavy atom. The smallest absolute Gasteiger partial charge is 0.276 e. The van der Waals surface area contributed by atoms with Crippen molar-refractivity contribution in [2.45, 2.75) is 19.1 Å². The highest BCUT2D eigenvalue weighted by atomic mass is 16.3. The number of hydrogen-bond donors (Lipinski definition) is 1. The summed E-state index contributed by atoms with van der Waals surface area (Å²) in [6.45, 7) is 1.99. The third kappa shape index (κ3) is 3.15. The molecule has 1 atom stereocenters. The van der Waals surface area contributed by atoms with E-state index < -0.39 is 5.72 Å². The molecule has 0 radical (unpaired) electrons. The molecule has 1 N–H and O–H groups in total. The van der Waals surface area contributed by atoms with Gasteiger partial charge in [-0.2, -0.15) is 10.1 Å². The summed E-state index contributed by atoms with van der Waals surface area (Å²) in [7, 11) is 0. The van der Waals surface area contributed by atoms with Crippen LogP contribution >= 0.6 is 0 Å². The standard InChI is InChI=1S/C23H20N2O2/c1-17-12-14-20(15-13-17)23(27)16-21(18-8-4-2-5-9-18)24-25(23)22(26)19-10-6-3-7-11-19/h2-15,27H,16H2,1H3. The fourth-order valence-electron chi connectivity index (χ4n) is 3.30. The van der Waals surface area contributed by atoms with Crippen molar-refractivity contribution in [1.82, 2.24) is 5.01 Å². The lowest BCUT2D eigenvalue weighted by molar-refractivity contribution is -0.0765. The first-order chi connectivity index (χ1) is 13.1. The maximum absolute atomic E-state index is 13.1. The Bertz CT molecular complexity index is 982. The number of benzene rings is 3. The molecule has 27 heavy (non-hydrogen) atoms. The first-order valence-corrected chi connectivity index (χ1v) is 8.90. The summed E-state index contributed by atoms with van der Waals surface area (Å²) in [6.07, 6.45) is 0.235. The van der Waals surface area contributed by atoms with Crippen molar-refractivity contribution in [1.29, 1.82) is 0 Å². The van der Waals surface area contributed by atoms with Crippen LogP contribution < -0.4 is 0 Å². The maximum Gasteiger partial charge on any atom is 0.276 e. The monoisotopic (exact) mass is 356 g/mol. The fourth-order valence-corrected chi connectivity index (χ4v) is 3.30. The van der Waals surface area contributed by atoms with Crippen LogP contribution in [0.5, 0.6) is 0 Å². The largest absolute Gasteiger partial charge is 0.365 e. The molecule has 3 aromatic rings. The summed E-state index contributed by atoms with van der Waals surface area (Å²) in [4.78, 5) is 13.1. The predicted octanol–water partition coefficient (Wildman–Crippen LogP) is 4.09. The average Bonchev–Trinajstić information content (AvgIpc) is 3.08. The molecule has 4 rings (SSSR count). The highest BCUT2D eigenvalue weighted by Crippen LogP contribution is 2.38. The average molecular weight is 356 g/mol. The summed E-state index contributed by atoms with van der Waals surface area (Å²) in [5.74, 6) is -0.329. The molecule has 0 saturated heterocycles. The van der Waals surface area contributed by atoms with E-state index in [0.717, 1.165) is 11.1 Å². The minimum absolute atomic E-state index is 0.235. The lowest BCUT2D eigenvalue weighted by Crippen LogP contribution is -2.43. The minimum Gasteiger partial charge on any atom is -0.365 e. The molecule has 0 aromatic heterocycles. The molecule has 0 spiro atoms. The van der Waals surface area contributed by atoms with Crippen LogP contribution in [-0.4, -0.2) is 21.7 Å². The van der Waals surface area contributed by atoms with Gasteiger partial charge in [0.15, 0.2) is 5.72 Å². The summed E-state index contributed by atoms with van der Waals surface area (Å²) in [5.41, 5.74) is 2.28. The van der Waals surface area contributed by atoms with E-state index in [1.165, 1.54) is 5.01 Å². The molecule has 3 aromatic carbocycles. The van der Waals surface area contributed by atoms with Crippen molar-refractivity contribution in [3.63, 3.8) is 0 Å². The van der Waals surface area contributed by atoms with Crippen LogP contribution in [0.1, 0.15) is 33.5 Å². The zero-order chi connectivity index (χ0) is 18.9. The third-order valence-electron chi connectivity index (χ3n) is 4.82. The Morgan fingerprint density at radius 3 is 2.15 bits per heavy atom. The van der Waals surface area contributed by atoms with E-state index in [2.05, 4.69) is 5.10 Å². The Labute approximate surface area is 158 Å². The summed E-state index contributed by atoms with van der Waals surface area (Å²) in [6, 6.07) is 26.1. The van der Waals surface area contributed by atoms with Crippen LogP contribution in [-0.2, 0) is 5.72 Å². The van der Waals surface area contributed by atoms with E-state index in [1.54, 1.807) is 24.3 Å². The first-order valence-electron chi connectivity index (χ1n) is 8.90. The molecule has 0 aliphatic carbocycles. The number of amides is 1. The van der Waals surface area contributed by atoms with Crippen molar-refractivity contribution in [2.24, 2.45) is 5.10 Å². The van der Waals surface area contributed by atoms with Gasteiger partial charge in [-0.25, -0.2) is 0 Å². The number of nitrogens with zero attached hydrogens (tertiary/aromatic N) is 2. The molecule has 1 unspecified atom stereocenters. The summed E-state index contributed by atoms with van der Waals surface area (Å²) < 4.78 is 0. The van der Waals surface area contributed by atoms with Gasteiger partial charge >= 0.3 is 0 Å². The van der Waals surface area contributed by atoms with Gasteiger partial charge in [0.2, 0.25) is 0 Å². The predicted molar refractivity (Wildman–Crippen MR) is 105 cm³/mol. The molecule has 1 heterocycles. The van der Waals surface area contributed by atoms with Gasteiger partial charge in [0.1, 0.15) is 0 Å². The van der Waals surface area contributed by atoms with Gasteiger partial charge < -0.3 is 5.11 Å². The molecule has 1 aliphatic heterocycles. The van der Waals surface area contributed by atoms with E-state index in [0.29, 0.717) is 16.8 Å². The summed E-state index contributed by atoms with van der Waals surface area (Å²) >= 11 is 0. The Balaban J connectivity index is 1.80. The van der Waals surface area contributed by atoms with Crippen LogP contribution in [0, 0.1) is 6.92 Å². The van der Waals surface area contributed by atoms with E-state index in [4.69, 9.17) is 0 Å². The molecule has 4 heteroatoms. The lowest BCUT2D eigenvalue weighted by Gasteiger charge is -2.31. The van der Waals surface area contributed by atoms with E-state index in [-0.39, 0.29) is 12.3 Å². The number of carbonyl (C=O) groups is 1. The third-order valence-corrected chi connectivity index (χ3v) is 4.82. The molecule has 0 fully saturated rings. The molecule has 134 valence electrons. The van der Waals surface area contributed by atoms with Crippen molar-refractivity contribution < 1.29 is 9.90 Å². The molecule has 1 aliphatic rings. The molecule has 1 amide bonds. The van der Waals surface area contributed by atoms with Crippen molar-refractivity contribution in [2.75, 3.05) is 0 Å². The SMILES string of the molecule is Cc1ccc(C2(O)CC(c3ccccc3)=NN2C(=O)c2ccccc2)cc1. The zero-order valence-corrected chi connectivity index (χ0v) is 15.0. The van der Waals surface area contributed by atoms with Gasteiger partial charge in [-0.05, 0) is 24.6 Å². The quantitative estimate of drug-likeness (QED) is 0.768. The molecule has 0 bridgehead atoms. The second kappa shape index (κ2) is 6.82. The van der Waals surface area contributed by atoms with Crippen LogP contribution in [0.25, 0.3) is 0 Å². The van der Waals surface area contributed by atoms with Gasteiger partial charge in [-0.15, -0.1) is 0 Å². The van der Waals surface area contributed by atoms with Crippen LogP contribution in [0.4, 0.5) is 0 Å². The highest BCUT2D eigenvalue weighted by molar-refractivity contribution is 6.05. The van der Waals surface area contributed by atoms with Crippen LogP contribution in [0.15, 0.2) is 90.0 Å². The van der Waals surface area contributed by atoms with Gasteiger partial charge in [0.25, 0.3) is 5.91 Å². The number of rotatable bonds is 3. The van der Waals surface area contributed by atoms with Gasteiger partial charge in [0, 0.05) is 17.5 Å². The number of hydrazone groups is 1. The highest BCUT2D eigenvalue weighted by Gasteiger charge is 2.46. The van der Waals surface area contributed by atoms with Gasteiger partial charge in [-0.1, -0.05) is 78.4 Å². The molecule has 4 nitrogen and oxygen atoms in total. The second-order valence-corrected chi connectivity index (χ2v) is 6.76. The molecular formula is C23H20N2O2. The van der Waals surface area contributed by atoms with Crippen LogP contribution in [0.3, 0.4) is 0 Å². The number of hydrogen-bond acceptors (Lipinski definition) is 3. The number of aliphatic hydroxyl groups is 1. The Morgan fingerprint density at radius 2 is 1.52 bits per heavy atom. The summed E-state index contributed by atoms with van der Waals surface area (Å²) in [5, 5.41) is 17.3. The number of carbonyl (C=O) groups excluding carboxylic acids is 1. The fraction of sp³-hybridized carbons (Fsp3) is 0.130. The molecule has 0 saturated carbocycles. The Kier molecular flexibility index (Phi) is 4.34. The van der Waals surface area contributed by atoms with Crippen molar-refractivity contribution in [3.8, 4) is 0 Å². The van der Waals surface area contributed by atoms with Crippen molar-refractivity contribution in [3.05, 3.63) is 107 Å². The van der Waals surface area contributed by atoms with E-state index in [9.17, 15) is 9.90 Å². The normalized spacial score (nSPS) is 19.0. The Hall–Kier alpha value is -3.24.